The van der Waals surface area contributed by atoms with Crippen LogP contribution in [0.1, 0.15) is 52.4 Å². The van der Waals surface area contributed by atoms with E-state index in [1.807, 2.05) is 72.5 Å². The van der Waals surface area contributed by atoms with Crippen LogP contribution in [0.2, 0.25) is 0 Å². The summed E-state index contributed by atoms with van der Waals surface area (Å²) in [6.45, 7) is 5.68. The van der Waals surface area contributed by atoms with Crippen molar-refractivity contribution < 1.29 is 14.3 Å². The maximum atomic E-state index is 13.1. The third-order valence-corrected chi connectivity index (χ3v) is 5.61. The van der Waals surface area contributed by atoms with Crippen molar-refractivity contribution >= 4 is 17.3 Å². The van der Waals surface area contributed by atoms with Gasteiger partial charge in [0.25, 0.3) is 0 Å². The van der Waals surface area contributed by atoms with Gasteiger partial charge in [-0.15, -0.1) is 0 Å². The number of anilines is 2. The van der Waals surface area contributed by atoms with Crippen molar-refractivity contribution in [2.45, 2.75) is 58.2 Å². The van der Waals surface area contributed by atoms with E-state index in [1.54, 1.807) is 0 Å². The van der Waals surface area contributed by atoms with E-state index in [9.17, 15) is 4.79 Å². The zero-order valence-electron chi connectivity index (χ0n) is 17.7. The summed E-state index contributed by atoms with van der Waals surface area (Å²) in [7, 11) is 0. The number of amides is 1. The number of carbonyl (C=O) groups is 1. The fourth-order valence-electron chi connectivity index (χ4n) is 3.86. The van der Waals surface area contributed by atoms with E-state index in [0.29, 0.717) is 25.6 Å². The van der Waals surface area contributed by atoms with E-state index in [4.69, 9.17) is 9.47 Å². The average Bonchev–Trinajstić information content (AvgIpc) is 3.18. The Morgan fingerprint density at radius 1 is 0.931 bits per heavy atom. The minimum atomic E-state index is -0.384. The smallest absolute Gasteiger partial charge is 0.231 e. The molecule has 4 heteroatoms. The van der Waals surface area contributed by atoms with Gasteiger partial charge >= 0.3 is 0 Å². The molecule has 1 saturated heterocycles. The number of para-hydroxylation sites is 2. The number of nitrogens with zero attached hydrogens (tertiary/aromatic N) is 1. The van der Waals surface area contributed by atoms with Gasteiger partial charge in [-0.3, -0.25) is 9.69 Å². The van der Waals surface area contributed by atoms with Crippen LogP contribution in [0.5, 0.6) is 0 Å². The Labute approximate surface area is 174 Å². The summed E-state index contributed by atoms with van der Waals surface area (Å²) in [5.74, 6) is 0.283. The molecule has 0 saturated carbocycles. The van der Waals surface area contributed by atoms with E-state index in [0.717, 1.165) is 43.5 Å². The number of ether oxygens (including phenoxy) is 2. The van der Waals surface area contributed by atoms with Crippen LogP contribution in [-0.4, -0.2) is 24.9 Å². The molecule has 0 N–H and O–H groups in total. The molecule has 156 valence electrons. The van der Waals surface area contributed by atoms with Gasteiger partial charge in [0.15, 0.2) is 5.79 Å². The van der Waals surface area contributed by atoms with Gasteiger partial charge in [-0.2, -0.15) is 0 Å². The van der Waals surface area contributed by atoms with Crippen molar-refractivity contribution in [3.8, 4) is 0 Å². The summed E-state index contributed by atoms with van der Waals surface area (Å²) in [6.07, 6.45) is 5.75. The molecule has 2 aromatic rings. The van der Waals surface area contributed by atoms with Crippen LogP contribution in [-0.2, 0) is 14.3 Å². The van der Waals surface area contributed by atoms with E-state index >= 15 is 0 Å². The second kappa shape index (κ2) is 10.6. The zero-order valence-corrected chi connectivity index (χ0v) is 17.7. The molecule has 0 aromatic heterocycles. The number of benzene rings is 2. The number of unbranched alkanes of at least 4 members (excludes halogenated alkanes) is 1. The quantitative estimate of drug-likeness (QED) is 0.457. The Hall–Kier alpha value is -2.17. The predicted octanol–water partition coefficient (Wildman–Crippen LogP) is 6.09. The molecule has 1 atom stereocenters. The van der Waals surface area contributed by atoms with Crippen LogP contribution in [0.15, 0.2) is 60.7 Å². The highest BCUT2D eigenvalue weighted by molar-refractivity contribution is 6.00. The number of hydrogen-bond donors (Lipinski definition) is 0. The first kappa shape index (κ1) is 21.5. The van der Waals surface area contributed by atoms with Crippen LogP contribution in [0.3, 0.4) is 0 Å². The number of carbonyl (C=O) groups excluding carboxylic acids is 1. The first-order valence-electron chi connectivity index (χ1n) is 10.8. The van der Waals surface area contributed by atoms with Gasteiger partial charge in [0.05, 0.1) is 13.2 Å². The molecule has 2 aromatic carbocycles. The highest BCUT2D eigenvalue weighted by Gasteiger charge is 2.30. The molecule has 4 nitrogen and oxygen atoms in total. The Balaban J connectivity index is 1.48. The lowest BCUT2D eigenvalue weighted by Gasteiger charge is -2.24. The highest BCUT2D eigenvalue weighted by Crippen LogP contribution is 2.28. The molecule has 1 aliphatic rings. The minimum absolute atomic E-state index is 0.148. The van der Waals surface area contributed by atoms with Crippen LogP contribution in [0, 0.1) is 5.92 Å². The molecule has 3 rings (SSSR count). The molecule has 0 radical (unpaired) electrons. The standard InChI is InChI=1S/C25H33NO3/c1-21(11-9-10-18-25(2)28-19-20-29-25)16-17-24(27)26(22-12-5-3-6-13-22)23-14-7-4-8-15-23/h3-8,12-15,21H,9-11,16-20H2,1-2H3/t21-/m0/s1. The summed E-state index contributed by atoms with van der Waals surface area (Å²) >= 11 is 0. The molecule has 0 bridgehead atoms. The molecule has 0 spiro atoms. The zero-order chi connectivity index (χ0) is 20.5. The Morgan fingerprint density at radius 3 is 2.03 bits per heavy atom. The van der Waals surface area contributed by atoms with Crippen molar-refractivity contribution in [1.29, 1.82) is 0 Å². The first-order chi connectivity index (χ1) is 14.1. The van der Waals surface area contributed by atoms with E-state index < -0.39 is 0 Å². The van der Waals surface area contributed by atoms with Crippen LogP contribution < -0.4 is 4.90 Å². The Bertz CT molecular complexity index is 702. The monoisotopic (exact) mass is 395 g/mol. The lowest BCUT2D eigenvalue weighted by Crippen LogP contribution is -2.26. The third-order valence-electron chi connectivity index (χ3n) is 5.61. The van der Waals surface area contributed by atoms with Crippen molar-refractivity contribution in [2.75, 3.05) is 18.1 Å². The lowest BCUT2D eigenvalue weighted by molar-refractivity contribution is -0.147. The number of rotatable bonds is 10. The summed E-state index contributed by atoms with van der Waals surface area (Å²) in [6, 6.07) is 19.8. The molecule has 0 aliphatic carbocycles. The molecular formula is C25H33NO3. The van der Waals surface area contributed by atoms with Gasteiger partial charge in [-0.1, -0.05) is 56.2 Å². The average molecular weight is 396 g/mol. The molecule has 29 heavy (non-hydrogen) atoms. The van der Waals surface area contributed by atoms with Gasteiger partial charge in [-0.25, -0.2) is 0 Å². The molecule has 1 amide bonds. The predicted molar refractivity (Wildman–Crippen MR) is 117 cm³/mol. The second-order valence-electron chi connectivity index (χ2n) is 8.12. The summed E-state index contributed by atoms with van der Waals surface area (Å²) in [4.78, 5) is 14.9. The van der Waals surface area contributed by atoms with E-state index in [1.165, 1.54) is 0 Å². The SMILES string of the molecule is C[C@@H](CCCCC1(C)OCCO1)CCC(=O)N(c1ccccc1)c1ccccc1. The topological polar surface area (TPSA) is 38.8 Å². The Morgan fingerprint density at radius 2 is 1.48 bits per heavy atom. The Kier molecular flexibility index (Phi) is 7.84. The molecule has 1 fully saturated rings. The van der Waals surface area contributed by atoms with Crippen LogP contribution in [0.4, 0.5) is 11.4 Å². The fraction of sp³-hybridized carbons (Fsp3) is 0.480. The minimum Gasteiger partial charge on any atom is -0.348 e. The second-order valence-corrected chi connectivity index (χ2v) is 8.12. The largest absolute Gasteiger partial charge is 0.348 e. The van der Waals surface area contributed by atoms with Crippen molar-refractivity contribution in [3.63, 3.8) is 0 Å². The maximum absolute atomic E-state index is 13.1. The maximum Gasteiger partial charge on any atom is 0.231 e. The van der Waals surface area contributed by atoms with Crippen LogP contribution in [0.25, 0.3) is 0 Å². The van der Waals surface area contributed by atoms with Gasteiger partial charge in [0.2, 0.25) is 5.91 Å². The molecule has 1 heterocycles. The summed E-state index contributed by atoms with van der Waals surface area (Å²) < 4.78 is 11.3. The van der Waals surface area contributed by atoms with Crippen molar-refractivity contribution in [2.24, 2.45) is 5.92 Å². The fourth-order valence-corrected chi connectivity index (χ4v) is 3.86. The van der Waals surface area contributed by atoms with Gasteiger partial charge in [-0.05, 0) is 49.9 Å². The summed E-state index contributed by atoms with van der Waals surface area (Å²) in [5.41, 5.74) is 1.84. The van der Waals surface area contributed by atoms with Crippen LogP contribution >= 0.6 is 0 Å². The molecule has 0 unspecified atom stereocenters. The van der Waals surface area contributed by atoms with E-state index in [2.05, 4.69) is 6.92 Å². The van der Waals surface area contributed by atoms with Crippen molar-refractivity contribution in [3.05, 3.63) is 60.7 Å². The normalized spacial score (nSPS) is 16.5. The van der Waals surface area contributed by atoms with Crippen molar-refractivity contribution in [1.82, 2.24) is 0 Å². The first-order valence-corrected chi connectivity index (χ1v) is 10.8. The highest BCUT2D eigenvalue weighted by atomic mass is 16.7. The molecular weight excluding hydrogens is 362 g/mol. The summed E-state index contributed by atoms with van der Waals surface area (Å²) in [5, 5.41) is 0. The van der Waals surface area contributed by atoms with Gasteiger partial charge in [0.1, 0.15) is 0 Å². The number of hydrogen-bond acceptors (Lipinski definition) is 3. The van der Waals surface area contributed by atoms with Gasteiger partial charge in [0, 0.05) is 24.2 Å². The van der Waals surface area contributed by atoms with E-state index in [-0.39, 0.29) is 11.7 Å². The lowest BCUT2D eigenvalue weighted by atomic mass is 9.96. The van der Waals surface area contributed by atoms with Gasteiger partial charge < -0.3 is 9.47 Å². The third kappa shape index (κ3) is 6.41. The molecule has 1 aliphatic heterocycles.